The molecular weight excluding hydrogens is 525 g/mol. The topological polar surface area (TPSA) is 8.82 Å². The Morgan fingerprint density at radius 1 is 0.350 bits per heavy atom. The average molecular weight is 543 g/mol. The summed E-state index contributed by atoms with van der Waals surface area (Å²) < 4.78 is 10.6. The van der Waals surface area contributed by atoms with Gasteiger partial charge in [0.15, 0.2) is 0 Å². The predicted octanol–water partition coefficient (Wildman–Crippen LogP) is 11.0. The van der Waals surface area contributed by atoms with Crippen molar-refractivity contribution >= 4 is 118 Å². The van der Waals surface area contributed by atoms with Crippen molar-refractivity contribution in [2.45, 2.75) is 0 Å². The van der Waals surface area contributed by atoms with E-state index in [0.717, 1.165) is 0 Å². The summed E-state index contributed by atoms with van der Waals surface area (Å²) in [7, 11) is 0. The van der Waals surface area contributed by atoms with E-state index in [9.17, 15) is 0 Å². The van der Waals surface area contributed by atoms with Gasteiger partial charge in [-0.2, -0.15) is 0 Å². The summed E-state index contributed by atoms with van der Waals surface area (Å²) >= 11 is 3.82. The highest BCUT2D eigenvalue weighted by Gasteiger charge is 2.26. The van der Waals surface area contributed by atoms with E-state index >= 15 is 0 Å². The second-order valence-electron chi connectivity index (χ2n) is 10.9. The highest BCUT2D eigenvalue weighted by molar-refractivity contribution is 7.26. The van der Waals surface area contributed by atoms with Crippen molar-refractivity contribution in [3.05, 3.63) is 109 Å². The number of hydrogen-bond donors (Lipinski definition) is 0. The lowest BCUT2D eigenvalue weighted by Gasteiger charge is -2.14. The normalized spacial score (nSPS) is 13.0. The number of fused-ring (bicyclic) bond motifs is 16. The minimum absolute atomic E-state index is 1.28. The first kappa shape index (κ1) is 20.3. The lowest BCUT2D eigenvalue weighted by atomic mass is 10.1. The molecule has 6 aromatic carbocycles. The van der Waals surface area contributed by atoms with E-state index in [1.807, 2.05) is 22.7 Å². The van der Waals surface area contributed by atoms with Gasteiger partial charge in [0.1, 0.15) is 0 Å². The highest BCUT2D eigenvalue weighted by atomic mass is 32.1. The Bertz CT molecular complexity index is 2670. The van der Waals surface area contributed by atoms with Gasteiger partial charge in [0.05, 0.1) is 33.1 Å². The van der Waals surface area contributed by atoms with Gasteiger partial charge in [0.25, 0.3) is 0 Å². The van der Waals surface area contributed by atoms with E-state index in [4.69, 9.17) is 0 Å². The zero-order valence-corrected chi connectivity index (χ0v) is 22.7. The van der Waals surface area contributed by atoms with Crippen LogP contribution in [0.5, 0.6) is 0 Å². The summed E-state index contributed by atoms with van der Waals surface area (Å²) in [4.78, 5) is 0. The van der Waals surface area contributed by atoms with E-state index < -0.39 is 0 Å². The second-order valence-corrected chi connectivity index (χ2v) is 13.1. The first-order valence-electron chi connectivity index (χ1n) is 13.6. The Kier molecular flexibility index (Phi) is 3.42. The molecule has 0 N–H and O–H groups in total. The van der Waals surface area contributed by atoms with Crippen molar-refractivity contribution in [3.63, 3.8) is 0 Å². The van der Waals surface area contributed by atoms with E-state index in [-0.39, 0.29) is 0 Å². The molecule has 0 spiro atoms. The monoisotopic (exact) mass is 542 g/mol. The number of thiophene rings is 2. The van der Waals surface area contributed by atoms with Crippen LogP contribution < -0.4 is 0 Å². The summed E-state index contributed by atoms with van der Waals surface area (Å²) in [6.07, 6.45) is 0. The smallest absolute Gasteiger partial charge is 0.0803 e. The fourth-order valence-electron chi connectivity index (χ4n) is 7.51. The molecule has 11 rings (SSSR count). The molecule has 0 unspecified atom stereocenters. The van der Waals surface area contributed by atoms with E-state index in [0.29, 0.717) is 0 Å². The molecule has 0 aliphatic heterocycles. The summed E-state index contributed by atoms with van der Waals surface area (Å²) in [5.74, 6) is 0. The molecular formula is C36H18N2S2. The maximum Gasteiger partial charge on any atom is 0.0803 e. The molecule has 4 heteroatoms. The molecule has 0 amide bonds. The molecule has 0 aliphatic carbocycles. The SMILES string of the molecule is c1ccc2c(c1)sc1cc3c4ccccc4n4c3c(c12)n1c2ccccc2c2cc3sc5ccccc5c3c4c21. The largest absolute Gasteiger partial charge is 0.304 e. The van der Waals surface area contributed by atoms with Gasteiger partial charge in [-0.3, -0.25) is 0 Å². The van der Waals surface area contributed by atoms with Crippen molar-refractivity contribution in [1.82, 2.24) is 8.80 Å². The summed E-state index contributed by atoms with van der Waals surface area (Å²) in [6.45, 7) is 0. The van der Waals surface area contributed by atoms with Crippen molar-refractivity contribution in [3.8, 4) is 0 Å². The number of aromatic nitrogens is 2. The number of para-hydroxylation sites is 2. The molecule has 11 aromatic rings. The van der Waals surface area contributed by atoms with Crippen LogP contribution in [-0.2, 0) is 0 Å². The third-order valence-corrected chi connectivity index (χ3v) is 11.2. The second kappa shape index (κ2) is 6.73. The standard InChI is InChI=1S/C36H18N2S2/c1-5-13-25-19(9-1)23-17-29-31(21-11-3-7-15-27(21)39-29)35-33(23)37(25)36-32-22-12-4-8-16-28(22)40-30(32)18-24-20-10-2-6-14-26(20)38(35)34(24)36/h1-18H. The highest BCUT2D eigenvalue weighted by Crippen LogP contribution is 2.50. The van der Waals surface area contributed by atoms with Crippen LogP contribution in [0.1, 0.15) is 0 Å². The van der Waals surface area contributed by atoms with Crippen LogP contribution >= 0.6 is 22.7 Å². The molecule has 2 nitrogen and oxygen atoms in total. The van der Waals surface area contributed by atoms with Crippen LogP contribution in [0.4, 0.5) is 0 Å². The number of benzene rings is 6. The Hall–Kier alpha value is -4.64. The maximum atomic E-state index is 2.61. The van der Waals surface area contributed by atoms with Gasteiger partial charge in [0.2, 0.25) is 0 Å². The predicted molar refractivity (Wildman–Crippen MR) is 175 cm³/mol. The fraction of sp³-hybridized carbons (Fsp3) is 0. The van der Waals surface area contributed by atoms with Gasteiger partial charge in [0, 0.05) is 61.9 Å². The summed E-state index contributed by atoms with van der Waals surface area (Å²) in [5.41, 5.74) is 7.82. The van der Waals surface area contributed by atoms with Gasteiger partial charge in [-0.05, 0) is 36.4 Å². The van der Waals surface area contributed by atoms with Crippen LogP contribution in [0.3, 0.4) is 0 Å². The quantitative estimate of drug-likeness (QED) is 0.169. The molecule has 5 aromatic heterocycles. The Labute approximate surface area is 234 Å². The first-order valence-corrected chi connectivity index (χ1v) is 15.3. The van der Waals surface area contributed by atoms with Crippen molar-refractivity contribution in [2.24, 2.45) is 0 Å². The van der Waals surface area contributed by atoms with E-state index in [1.54, 1.807) is 0 Å². The van der Waals surface area contributed by atoms with Crippen LogP contribution in [0.15, 0.2) is 109 Å². The molecule has 184 valence electrons. The van der Waals surface area contributed by atoms with Crippen molar-refractivity contribution < 1.29 is 0 Å². The first-order chi connectivity index (χ1) is 19.9. The van der Waals surface area contributed by atoms with Crippen LogP contribution in [-0.4, -0.2) is 8.80 Å². The molecule has 0 saturated carbocycles. The van der Waals surface area contributed by atoms with Gasteiger partial charge >= 0.3 is 0 Å². The van der Waals surface area contributed by atoms with Gasteiger partial charge in [-0.15, -0.1) is 22.7 Å². The Balaban J connectivity index is 1.64. The molecule has 40 heavy (non-hydrogen) atoms. The molecule has 0 fully saturated rings. The van der Waals surface area contributed by atoms with Crippen molar-refractivity contribution in [2.75, 3.05) is 0 Å². The lowest BCUT2D eigenvalue weighted by Crippen LogP contribution is -1.98. The number of hydrogen-bond acceptors (Lipinski definition) is 2. The van der Waals surface area contributed by atoms with E-state index in [2.05, 4.69) is 118 Å². The van der Waals surface area contributed by atoms with Gasteiger partial charge in [-0.1, -0.05) is 72.8 Å². The minimum atomic E-state index is 1.28. The third-order valence-electron chi connectivity index (χ3n) is 8.99. The summed E-state index contributed by atoms with van der Waals surface area (Å²) in [6, 6.07) is 40.7. The Morgan fingerprint density at radius 2 is 0.750 bits per heavy atom. The number of rotatable bonds is 0. The lowest BCUT2D eigenvalue weighted by molar-refractivity contribution is 1.27. The average Bonchev–Trinajstić information content (AvgIpc) is 3.74. The van der Waals surface area contributed by atoms with Crippen molar-refractivity contribution in [1.29, 1.82) is 0 Å². The zero-order chi connectivity index (χ0) is 25.7. The molecule has 0 atom stereocenters. The van der Waals surface area contributed by atoms with Crippen LogP contribution in [0.2, 0.25) is 0 Å². The molecule has 0 aliphatic rings. The van der Waals surface area contributed by atoms with Crippen LogP contribution in [0, 0.1) is 0 Å². The zero-order valence-electron chi connectivity index (χ0n) is 21.1. The molecule has 0 saturated heterocycles. The molecule has 0 bridgehead atoms. The van der Waals surface area contributed by atoms with Crippen LogP contribution in [0.25, 0.3) is 95.0 Å². The molecule has 5 heterocycles. The minimum Gasteiger partial charge on any atom is -0.304 e. The number of nitrogens with zero attached hydrogens (tertiary/aromatic N) is 2. The summed E-state index contributed by atoms with van der Waals surface area (Å²) in [5, 5.41) is 10.7. The maximum absolute atomic E-state index is 2.61. The van der Waals surface area contributed by atoms with Gasteiger partial charge in [-0.25, -0.2) is 0 Å². The van der Waals surface area contributed by atoms with Gasteiger partial charge < -0.3 is 8.80 Å². The molecule has 0 radical (unpaired) electrons. The third kappa shape index (κ3) is 2.15. The fourth-order valence-corrected chi connectivity index (χ4v) is 9.81. The van der Waals surface area contributed by atoms with E-state index in [1.165, 1.54) is 95.0 Å². The Morgan fingerprint density at radius 3 is 1.23 bits per heavy atom.